The molecular weight excluding hydrogens is 199 g/mol. The van der Waals surface area contributed by atoms with Crippen molar-refractivity contribution in [2.75, 3.05) is 0 Å². The Labute approximate surface area is 77.5 Å². The molecule has 14 heavy (non-hydrogen) atoms. The molecule has 1 amide bonds. The van der Waals surface area contributed by atoms with Crippen LogP contribution in [0.25, 0.3) is 0 Å². The minimum absolute atomic E-state index is 0.0350. The number of amides is 1. The van der Waals surface area contributed by atoms with Crippen molar-refractivity contribution in [1.82, 2.24) is 9.78 Å². The highest BCUT2D eigenvalue weighted by Crippen LogP contribution is 2.19. The molecule has 1 aromatic rings. The van der Waals surface area contributed by atoms with E-state index >= 15 is 0 Å². The van der Waals surface area contributed by atoms with E-state index in [0.29, 0.717) is 0 Å². The molecule has 0 radical (unpaired) electrons. The van der Waals surface area contributed by atoms with Crippen molar-refractivity contribution in [3.63, 3.8) is 0 Å². The molecule has 7 heteroatoms. The largest absolute Gasteiger partial charge is 0.390 e. The van der Waals surface area contributed by atoms with Gasteiger partial charge in [0.2, 0.25) is 0 Å². The van der Waals surface area contributed by atoms with Crippen molar-refractivity contribution in [3.05, 3.63) is 18.0 Å². The lowest BCUT2D eigenvalue weighted by atomic mass is 10.4. The SMILES string of the molecule is NC(=O)c1ccn(CCC(F)(F)F)n1. The first-order valence-electron chi connectivity index (χ1n) is 3.78. The monoisotopic (exact) mass is 207 g/mol. The van der Waals surface area contributed by atoms with Gasteiger partial charge in [0.05, 0.1) is 6.42 Å². The van der Waals surface area contributed by atoms with Gasteiger partial charge in [0, 0.05) is 12.7 Å². The third-order valence-corrected chi connectivity index (χ3v) is 1.52. The maximum atomic E-state index is 11.8. The van der Waals surface area contributed by atoms with Crippen LogP contribution in [0.4, 0.5) is 13.2 Å². The second-order valence-electron chi connectivity index (χ2n) is 2.69. The van der Waals surface area contributed by atoms with Gasteiger partial charge in [0.15, 0.2) is 0 Å². The molecule has 1 rings (SSSR count). The second kappa shape index (κ2) is 3.69. The number of hydrogen-bond acceptors (Lipinski definition) is 2. The molecule has 0 bridgehead atoms. The van der Waals surface area contributed by atoms with Gasteiger partial charge in [-0.2, -0.15) is 18.3 Å². The van der Waals surface area contributed by atoms with Crippen molar-refractivity contribution < 1.29 is 18.0 Å². The number of nitrogens with two attached hydrogens (primary N) is 1. The Bertz CT molecular complexity index is 331. The maximum Gasteiger partial charge on any atom is 0.390 e. The number of aryl methyl sites for hydroxylation is 1. The molecule has 0 aromatic carbocycles. The molecule has 1 aromatic heterocycles. The summed E-state index contributed by atoms with van der Waals surface area (Å²) in [5.41, 5.74) is 4.84. The number of aromatic nitrogens is 2. The molecular formula is C7H8F3N3O. The van der Waals surface area contributed by atoms with Crippen molar-refractivity contribution >= 4 is 5.91 Å². The molecule has 4 nitrogen and oxygen atoms in total. The number of hydrogen-bond donors (Lipinski definition) is 1. The first kappa shape index (κ1) is 10.6. The molecule has 2 N–H and O–H groups in total. The summed E-state index contributed by atoms with van der Waals surface area (Å²) in [6.45, 7) is -0.309. The van der Waals surface area contributed by atoms with Crippen LogP contribution in [0.3, 0.4) is 0 Å². The highest BCUT2D eigenvalue weighted by Gasteiger charge is 2.26. The number of carbonyl (C=O) groups excluding carboxylic acids is 1. The third kappa shape index (κ3) is 3.08. The first-order chi connectivity index (χ1) is 6.38. The van der Waals surface area contributed by atoms with E-state index in [1.807, 2.05) is 0 Å². The summed E-state index contributed by atoms with van der Waals surface area (Å²) in [6, 6.07) is 1.28. The van der Waals surface area contributed by atoms with Crippen LogP contribution in [0.5, 0.6) is 0 Å². The van der Waals surface area contributed by atoms with Gasteiger partial charge in [-0.15, -0.1) is 0 Å². The molecule has 0 aliphatic carbocycles. The zero-order chi connectivity index (χ0) is 10.8. The highest BCUT2D eigenvalue weighted by molar-refractivity contribution is 5.90. The molecule has 0 fully saturated rings. The van der Waals surface area contributed by atoms with Crippen molar-refractivity contribution in [2.24, 2.45) is 5.73 Å². The van der Waals surface area contributed by atoms with Crippen LogP contribution < -0.4 is 5.73 Å². The minimum atomic E-state index is -4.22. The molecule has 0 atom stereocenters. The summed E-state index contributed by atoms with van der Waals surface area (Å²) in [5.74, 6) is -0.754. The van der Waals surface area contributed by atoms with Gasteiger partial charge in [-0.1, -0.05) is 0 Å². The predicted octanol–water partition coefficient (Wildman–Crippen LogP) is 0.934. The summed E-state index contributed by atoms with van der Waals surface area (Å²) in [4.78, 5) is 10.5. The number of halogens is 3. The quantitative estimate of drug-likeness (QED) is 0.801. The van der Waals surface area contributed by atoms with E-state index in [1.165, 1.54) is 12.3 Å². The van der Waals surface area contributed by atoms with E-state index in [4.69, 9.17) is 5.73 Å². The summed E-state index contributed by atoms with van der Waals surface area (Å²) in [7, 11) is 0. The average Bonchev–Trinajstić information content (AvgIpc) is 2.47. The van der Waals surface area contributed by atoms with Crippen LogP contribution >= 0.6 is 0 Å². The topological polar surface area (TPSA) is 60.9 Å². The van der Waals surface area contributed by atoms with Crippen molar-refractivity contribution in [3.8, 4) is 0 Å². The highest BCUT2D eigenvalue weighted by atomic mass is 19.4. The van der Waals surface area contributed by atoms with Gasteiger partial charge in [0.1, 0.15) is 5.69 Å². The van der Waals surface area contributed by atoms with E-state index in [-0.39, 0.29) is 12.2 Å². The van der Waals surface area contributed by atoms with E-state index in [1.54, 1.807) is 0 Å². The van der Waals surface area contributed by atoms with Gasteiger partial charge < -0.3 is 5.73 Å². The minimum Gasteiger partial charge on any atom is -0.364 e. The Kier molecular flexibility index (Phi) is 2.78. The lowest BCUT2D eigenvalue weighted by Crippen LogP contribution is -2.15. The number of carbonyl (C=O) groups is 1. The lowest BCUT2D eigenvalue weighted by molar-refractivity contribution is -0.137. The summed E-state index contributed by atoms with van der Waals surface area (Å²) >= 11 is 0. The Balaban J connectivity index is 2.56. The fourth-order valence-corrected chi connectivity index (χ4v) is 0.859. The van der Waals surface area contributed by atoms with E-state index in [0.717, 1.165) is 4.68 Å². The Morgan fingerprint density at radius 3 is 2.64 bits per heavy atom. The molecule has 0 saturated heterocycles. The van der Waals surface area contributed by atoms with Gasteiger partial charge in [-0.05, 0) is 6.07 Å². The van der Waals surface area contributed by atoms with Crippen LogP contribution in [-0.2, 0) is 6.54 Å². The average molecular weight is 207 g/mol. The first-order valence-corrected chi connectivity index (χ1v) is 3.78. The molecule has 0 saturated carbocycles. The zero-order valence-corrected chi connectivity index (χ0v) is 7.08. The van der Waals surface area contributed by atoms with E-state index in [2.05, 4.69) is 5.10 Å². The molecule has 78 valence electrons. The Morgan fingerprint density at radius 1 is 1.57 bits per heavy atom. The van der Waals surface area contributed by atoms with E-state index < -0.39 is 18.5 Å². The molecule has 0 unspecified atom stereocenters. The second-order valence-corrected chi connectivity index (χ2v) is 2.69. The van der Waals surface area contributed by atoms with Crippen molar-refractivity contribution in [2.45, 2.75) is 19.1 Å². The maximum absolute atomic E-state index is 11.8. The van der Waals surface area contributed by atoms with Crippen LogP contribution in [-0.4, -0.2) is 21.9 Å². The number of nitrogens with zero attached hydrogens (tertiary/aromatic N) is 2. The van der Waals surface area contributed by atoms with Crippen molar-refractivity contribution in [1.29, 1.82) is 0 Å². The van der Waals surface area contributed by atoms with Crippen LogP contribution in [0.15, 0.2) is 12.3 Å². The number of primary amides is 1. The van der Waals surface area contributed by atoms with Gasteiger partial charge in [-0.25, -0.2) is 0 Å². The van der Waals surface area contributed by atoms with Crippen LogP contribution in [0.1, 0.15) is 16.9 Å². The third-order valence-electron chi connectivity index (χ3n) is 1.52. The van der Waals surface area contributed by atoms with Crippen LogP contribution in [0, 0.1) is 0 Å². The molecule has 0 aliphatic heterocycles. The van der Waals surface area contributed by atoms with Crippen LogP contribution in [0.2, 0.25) is 0 Å². The fourth-order valence-electron chi connectivity index (χ4n) is 0.859. The lowest BCUT2D eigenvalue weighted by Gasteiger charge is -2.05. The van der Waals surface area contributed by atoms with E-state index in [9.17, 15) is 18.0 Å². The van der Waals surface area contributed by atoms with Gasteiger partial charge in [-0.3, -0.25) is 9.48 Å². The zero-order valence-electron chi connectivity index (χ0n) is 7.08. The molecule has 0 aliphatic rings. The standard InChI is InChI=1S/C7H8F3N3O/c8-7(9,10)2-4-13-3-1-5(12-13)6(11)14/h1,3H,2,4H2,(H2,11,14). The Morgan fingerprint density at radius 2 is 2.21 bits per heavy atom. The summed E-state index contributed by atoms with van der Waals surface area (Å²) in [5, 5.41) is 3.55. The normalized spacial score (nSPS) is 11.6. The summed E-state index contributed by atoms with van der Waals surface area (Å²) < 4.78 is 36.4. The Hall–Kier alpha value is -1.53. The van der Waals surface area contributed by atoms with Gasteiger partial charge >= 0.3 is 6.18 Å². The summed E-state index contributed by atoms with van der Waals surface area (Å²) in [6.07, 6.45) is -3.92. The number of rotatable bonds is 3. The number of alkyl halides is 3. The fraction of sp³-hybridized carbons (Fsp3) is 0.429. The molecule has 0 spiro atoms. The predicted molar refractivity (Wildman–Crippen MR) is 41.4 cm³/mol. The van der Waals surface area contributed by atoms with Gasteiger partial charge in [0.25, 0.3) is 5.91 Å². The smallest absolute Gasteiger partial charge is 0.364 e. The molecule has 1 heterocycles.